The molecule has 4 rings (SSSR count). The summed E-state index contributed by atoms with van der Waals surface area (Å²) in [4.78, 5) is 25.8. The fraction of sp³-hybridized carbons (Fsp3) is 0.263. The van der Waals surface area contributed by atoms with E-state index in [-0.39, 0.29) is 39.7 Å². The first-order chi connectivity index (χ1) is 11.4. The number of aromatic hydroxyl groups is 2. The zero-order valence-electron chi connectivity index (χ0n) is 13.0. The fourth-order valence-electron chi connectivity index (χ4n) is 3.91. The van der Waals surface area contributed by atoms with Gasteiger partial charge in [0.05, 0.1) is 17.2 Å². The molecule has 2 aliphatic rings. The molecule has 0 saturated carbocycles. The number of rotatable bonds is 0. The van der Waals surface area contributed by atoms with Crippen LogP contribution in [0, 0.1) is 5.92 Å². The van der Waals surface area contributed by atoms with Gasteiger partial charge in [0.15, 0.2) is 11.6 Å². The lowest BCUT2D eigenvalue weighted by Gasteiger charge is -2.31. The maximum atomic E-state index is 13.0. The van der Waals surface area contributed by atoms with Crippen LogP contribution in [0.4, 0.5) is 0 Å². The summed E-state index contributed by atoms with van der Waals surface area (Å²) in [7, 11) is 0. The minimum atomic E-state index is -0.823. The maximum Gasteiger partial charge on any atom is 0.198 e. The Morgan fingerprint density at radius 2 is 1.54 bits per heavy atom. The molecule has 3 N–H and O–H groups in total. The molecule has 0 unspecified atom stereocenters. The summed E-state index contributed by atoms with van der Waals surface area (Å²) in [5.74, 6) is -1.44. The Hall–Kier alpha value is -2.66. The van der Waals surface area contributed by atoms with Crippen LogP contribution in [0.1, 0.15) is 62.4 Å². The molecular formula is C19H16O5. The van der Waals surface area contributed by atoms with Crippen molar-refractivity contribution in [2.75, 3.05) is 0 Å². The molecule has 0 saturated heterocycles. The summed E-state index contributed by atoms with van der Waals surface area (Å²) in [5, 5.41) is 30.5. The second-order valence-corrected chi connectivity index (χ2v) is 6.63. The zero-order chi connectivity index (χ0) is 17.2. The van der Waals surface area contributed by atoms with Crippen molar-refractivity contribution in [3.63, 3.8) is 0 Å². The number of phenolic OH excluding ortho intramolecular Hbond substituents is 2. The molecule has 0 aliphatic heterocycles. The zero-order valence-corrected chi connectivity index (χ0v) is 13.0. The third-order valence-corrected chi connectivity index (χ3v) is 4.95. The number of carbonyl (C=O) groups is 2. The van der Waals surface area contributed by atoms with E-state index >= 15 is 0 Å². The molecule has 24 heavy (non-hydrogen) atoms. The molecule has 0 fully saturated rings. The Morgan fingerprint density at radius 3 is 2.21 bits per heavy atom. The first kappa shape index (κ1) is 14.9. The number of hydrogen-bond acceptors (Lipinski definition) is 5. The third-order valence-electron chi connectivity index (χ3n) is 4.95. The molecule has 2 atom stereocenters. The van der Waals surface area contributed by atoms with Crippen LogP contribution < -0.4 is 0 Å². The lowest BCUT2D eigenvalue weighted by molar-refractivity contribution is 0.0961. The van der Waals surface area contributed by atoms with Crippen molar-refractivity contribution in [3.05, 3.63) is 57.6 Å². The van der Waals surface area contributed by atoms with Crippen molar-refractivity contribution in [1.82, 2.24) is 0 Å². The molecule has 5 heteroatoms. The van der Waals surface area contributed by atoms with Crippen LogP contribution in [0.3, 0.4) is 0 Å². The van der Waals surface area contributed by atoms with Crippen LogP contribution in [-0.2, 0) is 6.42 Å². The van der Waals surface area contributed by atoms with E-state index in [1.807, 2.05) is 6.92 Å². The number of benzene rings is 2. The fourth-order valence-corrected chi connectivity index (χ4v) is 3.91. The van der Waals surface area contributed by atoms with E-state index in [0.29, 0.717) is 12.0 Å². The SMILES string of the molecule is C[C@H]1Cc2ccc3c(c2[C@@H](O)C1)C(=O)c1c(O)ccc(O)c1C3=O. The van der Waals surface area contributed by atoms with E-state index < -0.39 is 17.7 Å². The van der Waals surface area contributed by atoms with E-state index in [0.717, 1.165) is 12.0 Å². The van der Waals surface area contributed by atoms with Gasteiger partial charge in [-0.15, -0.1) is 0 Å². The predicted molar refractivity (Wildman–Crippen MR) is 85.5 cm³/mol. The van der Waals surface area contributed by atoms with Gasteiger partial charge in [-0.2, -0.15) is 0 Å². The monoisotopic (exact) mass is 324 g/mol. The third kappa shape index (κ3) is 1.85. The summed E-state index contributed by atoms with van der Waals surface area (Å²) in [6, 6.07) is 5.73. The molecule has 0 heterocycles. The highest BCUT2D eigenvalue weighted by molar-refractivity contribution is 6.30. The lowest BCUT2D eigenvalue weighted by Crippen LogP contribution is -2.27. The van der Waals surface area contributed by atoms with Crippen molar-refractivity contribution < 1.29 is 24.9 Å². The molecular weight excluding hydrogens is 308 g/mol. The van der Waals surface area contributed by atoms with Gasteiger partial charge in [0.25, 0.3) is 0 Å². The lowest BCUT2D eigenvalue weighted by atomic mass is 9.74. The molecule has 0 radical (unpaired) electrons. The van der Waals surface area contributed by atoms with Crippen LogP contribution >= 0.6 is 0 Å². The van der Waals surface area contributed by atoms with Crippen LogP contribution in [-0.4, -0.2) is 26.9 Å². The summed E-state index contributed by atoms with van der Waals surface area (Å²) in [5.41, 5.74) is 1.30. The average molecular weight is 324 g/mol. The van der Waals surface area contributed by atoms with Gasteiger partial charge in [0, 0.05) is 11.1 Å². The highest BCUT2D eigenvalue weighted by Crippen LogP contribution is 2.43. The molecule has 2 aromatic carbocycles. The van der Waals surface area contributed by atoms with Crippen LogP contribution in [0.5, 0.6) is 11.5 Å². The Kier molecular flexibility index (Phi) is 3.05. The van der Waals surface area contributed by atoms with Gasteiger partial charge in [-0.1, -0.05) is 13.0 Å². The number of ketones is 2. The number of hydrogen-bond donors (Lipinski definition) is 3. The van der Waals surface area contributed by atoms with Gasteiger partial charge in [-0.05, 0) is 48.1 Å². The molecule has 0 aromatic heterocycles. The number of aliphatic hydroxyl groups excluding tert-OH is 1. The molecule has 2 aliphatic carbocycles. The highest BCUT2D eigenvalue weighted by Gasteiger charge is 2.39. The summed E-state index contributed by atoms with van der Waals surface area (Å²) < 4.78 is 0. The summed E-state index contributed by atoms with van der Waals surface area (Å²) in [6.45, 7) is 2.03. The van der Waals surface area contributed by atoms with Crippen molar-refractivity contribution in [2.24, 2.45) is 5.92 Å². The normalized spacial score (nSPS) is 21.9. The highest BCUT2D eigenvalue weighted by atomic mass is 16.3. The van der Waals surface area contributed by atoms with Crippen LogP contribution in [0.2, 0.25) is 0 Å². The maximum absolute atomic E-state index is 13.0. The van der Waals surface area contributed by atoms with E-state index in [2.05, 4.69) is 0 Å². The smallest absolute Gasteiger partial charge is 0.198 e. The minimum Gasteiger partial charge on any atom is -0.507 e. The van der Waals surface area contributed by atoms with Crippen LogP contribution in [0.15, 0.2) is 24.3 Å². The number of phenols is 2. The Bertz CT molecular complexity index is 912. The molecule has 5 nitrogen and oxygen atoms in total. The van der Waals surface area contributed by atoms with E-state index in [4.69, 9.17) is 0 Å². The van der Waals surface area contributed by atoms with Gasteiger partial charge in [0.2, 0.25) is 0 Å². The molecule has 2 aromatic rings. The minimum absolute atomic E-state index is 0.158. The Balaban J connectivity index is 2.04. The van der Waals surface area contributed by atoms with Gasteiger partial charge in [-0.3, -0.25) is 9.59 Å². The second kappa shape index (κ2) is 4.92. The standard InChI is InChI=1S/C19H16O5/c1-8-6-9-2-3-10-15(14(9)13(22)7-8)19(24)17-12(21)5-4-11(20)16(17)18(10)23/h2-5,8,13,20-22H,6-7H2,1H3/t8-,13-/m0/s1. The molecule has 0 amide bonds. The molecule has 0 spiro atoms. The second-order valence-electron chi connectivity index (χ2n) is 6.63. The van der Waals surface area contributed by atoms with Crippen molar-refractivity contribution in [2.45, 2.75) is 25.9 Å². The van der Waals surface area contributed by atoms with Crippen molar-refractivity contribution in [1.29, 1.82) is 0 Å². The average Bonchev–Trinajstić information content (AvgIpc) is 2.53. The Labute approximate surface area is 138 Å². The molecule has 0 bridgehead atoms. The first-order valence-electron chi connectivity index (χ1n) is 7.88. The number of carbonyl (C=O) groups excluding carboxylic acids is 2. The Morgan fingerprint density at radius 1 is 0.917 bits per heavy atom. The van der Waals surface area contributed by atoms with Gasteiger partial charge >= 0.3 is 0 Å². The number of aliphatic hydroxyl groups is 1. The largest absolute Gasteiger partial charge is 0.507 e. The van der Waals surface area contributed by atoms with Gasteiger partial charge in [0.1, 0.15) is 11.5 Å². The van der Waals surface area contributed by atoms with Crippen molar-refractivity contribution >= 4 is 11.6 Å². The van der Waals surface area contributed by atoms with Gasteiger partial charge < -0.3 is 15.3 Å². The first-order valence-corrected chi connectivity index (χ1v) is 7.88. The quantitative estimate of drug-likeness (QED) is 0.552. The van der Waals surface area contributed by atoms with E-state index in [1.165, 1.54) is 12.1 Å². The van der Waals surface area contributed by atoms with E-state index in [9.17, 15) is 24.9 Å². The van der Waals surface area contributed by atoms with Crippen molar-refractivity contribution in [3.8, 4) is 11.5 Å². The van der Waals surface area contributed by atoms with Gasteiger partial charge in [-0.25, -0.2) is 0 Å². The summed E-state index contributed by atoms with van der Waals surface area (Å²) >= 11 is 0. The summed E-state index contributed by atoms with van der Waals surface area (Å²) in [6.07, 6.45) is 0.417. The topological polar surface area (TPSA) is 94.8 Å². The predicted octanol–water partition coefficient (Wildman–Crippen LogP) is 2.49. The van der Waals surface area contributed by atoms with Crippen LogP contribution in [0.25, 0.3) is 0 Å². The van der Waals surface area contributed by atoms with E-state index in [1.54, 1.807) is 12.1 Å². The molecule has 122 valence electrons. The number of fused-ring (bicyclic) bond motifs is 4.